The summed E-state index contributed by atoms with van der Waals surface area (Å²) < 4.78 is 5.58. The lowest BCUT2D eigenvalue weighted by molar-refractivity contribution is 0.0712. The first-order valence-electron chi connectivity index (χ1n) is 6.57. The van der Waals surface area contributed by atoms with Gasteiger partial charge in [0, 0.05) is 12.2 Å². The second-order valence-electron chi connectivity index (χ2n) is 5.11. The summed E-state index contributed by atoms with van der Waals surface area (Å²) in [5, 5.41) is 3.02. The van der Waals surface area contributed by atoms with Crippen LogP contribution in [0.2, 0.25) is 0 Å². The highest BCUT2D eigenvalue weighted by Crippen LogP contribution is 2.16. The van der Waals surface area contributed by atoms with Crippen LogP contribution in [0.3, 0.4) is 0 Å². The van der Waals surface area contributed by atoms with E-state index >= 15 is 0 Å². The number of benzene rings is 1. The van der Waals surface area contributed by atoms with E-state index in [9.17, 15) is 4.79 Å². The Morgan fingerprint density at radius 3 is 2.78 bits per heavy atom. The second kappa shape index (κ2) is 5.53. The molecule has 1 amide bonds. The monoisotopic (exact) mass is 247 g/mol. The number of rotatable bonds is 3. The predicted octanol–water partition coefficient (Wildman–Crippen LogP) is 2.60. The molecule has 1 aromatic rings. The molecular weight excluding hydrogens is 226 g/mol. The van der Waals surface area contributed by atoms with Gasteiger partial charge in [0.15, 0.2) is 0 Å². The normalized spacial score (nSPS) is 20.7. The van der Waals surface area contributed by atoms with E-state index in [0.29, 0.717) is 0 Å². The number of amides is 1. The lowest BCUT2D eigenvalue weighted by atomic mass is 10.0. The van der Waals surface area contributed by atoms with Gasteiger partial charge in [0.2, 0.25) is 0 Å². The first kappa shape index (κ1) is 13.1. The summed E-state index contributed by atoms with van der Waals surface area (Å²) in [6.07, 6.45) is 2.29. The minimum Gasteiger partial charge on any atom is -0.376 e. The number of aryl methyl sites for hydroxylation is 2. The van der Waals surface area contributed by atoms with E-state index in [1.54, 1.807) is 0 Å². The number of ether oxygens (including phenoxy) is 1. The summed E-state index contributed by atoms with van der Waals surface area (Å²) in [6, 6.07) is 5.87. The standard InChI is InChI=1S/C15H21NO2/c1-10-6-7-13(9-11(10)2)15(17)16-12(3)14-5-4-8-18-14/h6-7,9,12,14H,4-5,8H2,1-3H3,(H,16,17)/t12-,14-/m1/s1. The molecule has 1 heterocycles. The highest BCUT2D eigenvalue weighted by molar-refractivity contribution is 5.94. The summed E-state index contributed by atoms with van der Waals surface area (Å²) in [4.78, 5) is 12.1. The lowest BCUT2D eigenvalue weighted by Gasteiger charge is -2.20. The molecule has 1 saturated heterocycles. The third kappa shape index (κ3) is 2.91. The van der Waals surface area contributed by atoms with Crippen molar-refractivity contribution in [2.75, 3.05) is 6.61 Å². The average Bonchev–Trinajstić information content (AvgIpc) is 2.86. The fraction of sp³-hybridized carbons (Fsp3) is 0.533. The SMILES string of the molecule is Cc1ccc(C(=O)N[C@H](C)[C@H]2CCCO2)cc1C. The summed E-state index contributed by atoms with van der Waals surface area (Å²) >= 11 is 0. The molecule has 0 radical (unpaired) electrons. The van der Waals surface area contributed by atoms with Crippen molar-refractivity contribution in [3.05, 3.63) is 34.9 Å². The molecule has 98 valence electrons. The van der Waals surface area contributed by atoms with Crippen LogP contribution in [0.5, 0.6) is 0 Å². The first-order valence-corrected chi connectivity index (χ1v) is 6.57. The molecule has 0 saturated carbocycles. The van der Waals surface area contributed by atoms with Crippen LogP contribution in [0.4, 0.5) is 0 Å². The van der Waals surface area contributed by atoms with Crippen molar-refractivity contribution in [1.29, 1.82) is 0 Å². The van der Waals surface area contributed by atoms with Crippen LogP contribution in [0, 0.1) is 13.8 Å². The van der Waals surface area contributed by atoms with E-state index in [1.807, 2.05) is 39.0 Å². The highest BCUT2D eigenvalue weighted by atomic mass is 16.5. The molecule has 1 fully saturated rings. The Labute approximate surface area is 109 Å². The summed E-state index contributed by atoms with van der Waals surface area (Å²) in [5.74, 6) is -0.0129. The van der Waals surface area contributed by atoms with Gasteiger partial charge < -0.3 is 10.1 Å². The zero-order chi connectivity index (χ0) is 13.1. The van der Waals surface area contributed by atoms with E-state index in [4.69, 9.17) is 4.74 Å². The van der Waals surface area contributed by atoms with Crippen LogP contribution in [0.25, 0.3) is 0 Å². The minimum atomic E-state index is -0.0129. The molecule has 0 bridgehead atoms. The Morgan fingerprint density at radius 2 is 2.17 bits per heavy atom. The third-order valence-corrected chi connectivity index (χ3v) is 3.65. The van der Waals surface area contributed by atoms with Crippen LogP contribution in [0.15, 0.2) is 18.2 Å². The Balaban J connectivity index is 2.00. The number of hydrogen-bond acceptors (Lipinski definition) is 2. The van der Waals surface area contributed by atoms with Gasteiger partial charge in [-0.05, 0) is 56.9 Å². The number of carbonyl (C=O) groups excluding carboxylic acids is 1. The lowest BCUT2D eigenvalue weighted by Crippen LogP contribution is -2.40. The van der Waals surface area contributed by atoms with Gasteiger partial charge in [0.25, 0.3) is 5.91 Å². The Kier molecular flexibility index (Phi) is 4.02. The topological polar surface area (TPSA) is 38.3 Å². The van der Waals surface area contributed by atoms with E-state index in [2.05, 4.69) is 5.32 Å². The quantitative estimate of drug-likeness (QED) is 0.891. The molecule has 1 aliphatic rings. The van der Waals surface area contributed by atoms with Gasteiger partial charge in [-0.15, -0.1) is 0 Å². The summed E-state index contributed by atoms with van der Waals surface area (Å²) in [5.41, 5.74) is 3.08. The fourth-order valence-corrected chi connectivity index (χ4v) is 2.26. The van der Waals surface area contributed by atoms with Gasteiger partial charge in [-0.1, -0.05) is 6.07 Å². The molecule has 1 aromatic carbocycles. The van der Waals surface area contributed by atoms with Crippen molar-refractivity contribution < 1.29 is 9.53 Å². The molecule has 3 nitrogen and oxygen atoms in total. The largest absolute Gasteiger partial charge is 0.376 e. The number of nitrogens with one attached hydrogen (secondary N) is 1. The molecule has 2 rings (SSSR count). The van der Waals surface area contributed by atoms with Crippen LogP contribution in [-0.4, -0.2) is 24.7 Å². The Morgan fingerprint density at radius 1 is 1.39 bits per heavy atom. The van der Waals surface area contributed by atoms with Crippen LogP contribution in [-0.2, 0) is 4.74 Å². The molecule has 1 N–H and O–H groups in total. The molecule has 1 aliphatic heterocycles. The molecule has 0 aromatic heterocycles. The van der Waals surface area contributed by atoms with Crippen molar-refractivity contribution >= 4 is 5.91 Å². The number of carbonyl (C=O) groups is 1. The van der Waals surface area contributed by atoms with E-state index in [0.717, 1.165) is 30.6 Å². The molecule has 0 aliphatic carbocycles. The fourth-order valence-electron chi connectivity index (χ4n) is 2.26. The van der Waals surface area contributed by atoms with Gasteiger partial charge in [-0.2, -0.15) is 0 Å². The van der Waals surface area contributed by atoms with Crippen molar-refractivity contribution in [1.82, 2.24) is 5.32 Å². The number of hydrogen-bond donors (Lipinski definition) is 1. The smallest absolute Gasteiger partial charge is 0.251 e. The molecule has 3 heteroatoms. The van der Waals surface area contributed by atoms with Gasteiger partial charge >= 0.3 is 0 Å². The van der Waals surface area contributed by atoms with Crippen molar-refractivity contribution in [2.45, 2.75) is 45.8 Å². The van der Waals surface area contributed by atoms with Gasteiger partial charge in [-0.3, -0.25) is 4.79 Å². The maximum absolute atomic E-state index is 12.1. The Hall–Kier alpha value is -1.35. The van der Waals surface area contributed by atoms with Crippen molar-refractivity contribution in [3.63, 3.8) is 0 Å². The van der Waals surface area contributed by atoms with Gasteiger partial charge in [0.05, 0.1) is 12.1 Å². The first-order chi connectivity index (χ1) is 8.58. The maximum Gasteiger partial charge on any atom is 0.251 e. The molecule has 2 atom stereocenters. The zero-order valence-corrected chi connectivity index (χ0v) is 11.3. The van der Waals surface area contributed by atoms with Crippen LogP contribution >= 0.6 is 0 Å². The van der Waals surface area contributed by atoms with Crippen molar-refractivity contribution in [3.8, 4) is 0 Å². The van der Waals surface area contributed by atoms with Gasteiger partial charge in [-0.25, -0.2) is 0 Å². The van der Waals surface area contributed by atoms with Gasteiger partial charge in [0.1, 0.15) is 0 Å². The molecule has 0 unspecified atom stereocenters. The van der Waals surface area contributed by atoms with E-state index < -0.39 is 0 Å². The van der Waals surface area contributed by atoms with Crippen LogP contribution in [0.1, 0.15) is 41.3 Å². The summed E-state index contributed by atoms with van der Waals surface area (Å²) in [7, 11) is 0. The molecule has 18 heavy (non-hydrogen) atoms. The molecule has 0 spiro atoms. The highest BCUT2D eigenvalue weighted by Gasteiger charge is 2.23. The van der Waals surface area contributed by atoms with Crippen molar-refractivity contribution in [2.24, 2.45) is 0 Å². The second-order valence-corrected chi connectivity index (χ2v) is 5.11. The Bertz CT molecular complexity index is 436. The maximum atomic E-state index is 12.1. The van der Waals surface area contributed by atoms with E-state index in [-0.39, 0.29) is 18.1 Å². The van der Waals surface area contributed by atoms with Crippen LogP contribution < -0.4 is 5.32 Å². The predicted molar refractivity (Wildman–Crippen MR) is 71.8 cm³/mol. The minimum absolute atomic E-state index is 0.0129. The van der Waals surface area contributed by atoms with E-state index in [1.165, 1.54) is 5.56 Å². The third-order valence-electron chi connectivity index (χ3n) is 3.65. The summed E-state index contributed by atoms with van der Waals surface area (Å²) in [6.45, 7) is 6.89. The average molecular weight is 247 g/mol. The molecular formula is C15H21NO2. The zero-order valence-electron chi connectivity index (χ0n) is 11.3.